The third kappa shape index (κ3) is 2.77. The SMILES string of the molecule is Brc1cnc(N(C[C@@H]2CCOC2)C2CC2)nc1. The minimum Gasteiger partial charge on any atom is -0.381 e. The van der Waals surface area contributed by atoms with Crippen molar-refractivity contribution in [1.82, 2.24) is 9.97 Å². The van der Waals surface area contributed by atoms with E-state index in [2.05, 4.69) is 30.8 Å². The van der Waals surface area contributed by atoms with Crippen molar-refractivity contribution < 1.29 is 4.74 Å². The molecule has 0 N–H and O–H groups in total. The summed E-state index contributed by atoms with van der Waals surface area (Å²) >= 11 is 3.37. The summed E-state index contributed by atoms with van der Waals surface area (Å²) in [5.74, 6) is 1.51. The largest absolute Gasteiger partial charge is 0.381 e. The van der Waals surface area contributed by atoms with E-state index in [1.165, 1.54) is 19.3 Å². The monoisotopic (exact) mass is 297 g/mol. The molecule has 1 atom stereocenters. The molecule has 0 unspecified atom stereocenters. The number of ether oxygens (including phenoxy) is 1. The highest BCUT2D eigenvalue weighted by molar-refractivity contribution is 9.10. The van der Waals surface area contributed by atoms with Gasteiger partial charge in [-0.3, -0.25) is 0 Å². The third-order valence-corrected chi connectivity index (χ3v) is 3.74. The first kappa shape index (κ1) is 11.4. The number of aromatic nitrogens is 2. The molecule has 3 rings (SSSR count). The minimum absolute atomic E-state index is 0.642. The fraction of sp³-hybridized carbons (Fsp3) is 0.667. The zero-order valence-corrected chi connectivity index (χ0v) is 11.3. The van der Waals surface area contributed by atoms with Crippen LogP contribution in [0.2, 0.25) is 0 Å². The van der Waals surface area contributed by atoms with Crippen LogP contribution in [0, 0.1) is 5.92 Å². The van der Waals surface area contributed by atoms with Crippen molar-refractivity contribution in [3.63, 3.8) is 0 Å². The van der Waals surface area contributed by atoms with Gasteiger partial charge in [-0.15, -0.1) is 0 Å². The van der Waals surface area contributed by atoms with Crippen LogP contribution in [-0.2, 0) is 4.74 Å². The quantitative estimate of drug-likeness (QED) is 0.854. The Morgan fingerprint density at radius 2 is 2.06 bits per heavy atom. The zero-order valence-electron chi connectivity index (χ0n) is 9.68. The lowest BCUT2D eigenvalue weighted by Gasteiger charge is -2.24. The second-order valence-corrected chi connectivity index (χ2v) is 5.73. The van der Waals surface area contributed by atoms with E-state index in [1.807, 2.05) is 12.4 Å². The average Bonchev–Trinajstić information content (AvgIpc) is 3.05. The van der Waals surface area contributed by atoms with Crippen LogP contribution in [0.15, 0.2) is 16.9 Å². The maximum absolute atomic E-state index is 5.44. The van der Waals surface area contributed by atoms with Gasteiger partial charge in [0.15, 0.2) is 0 Å². The van der Waals surface area contributed by atoms with Crippen LogP contribution in [-0.4, -0.2) is 35.8 Å². The Labute approximate surface area is 110 Å². The third-order valence-electron chi connectivity index (χ3n) is 3.33. The van der Waals surface area contributed by atoms with Crippen molar-refractivity contribution in [2.24, 2.45) is 5.92 Å². The topological polar surface area (TPSA) is 38.2 Å². The van der Waals surface area contributed by atoms with Crippen LogP contribution in [0.5, 0.6) is 0 Å². The standard InChI is InChI=1S/C12H16BrN3O/c13-10-5-14-12(15-6-10)16(11-1-2-11)7-9-3-4-17-8-9/h5-6,9,11H,1-4,7-8H2/t9-/m0/s1. The van der Waals surface area contributed by atoms with Crippen LogP contribution >= 0.6 is 15.9 Å². The van der Waals surface area contributed by atoms with Crippen LogP contribution in [0.1, 0.15) is 19.3 Å². The maximum atomic E-state index is 5.44. The highest BCUT2D eigenvalue weighted by Crippen LogP contribution is 2.31. The Morgan fingerprint density at radius 3 is 2.65 bits per heavy atom. The van der Waals surface area contributed by atoms with Gasteiger partial charge in [-0.25, -0.2) is 9.97 Å². The molecule has 0 radical (unpaired) electrons. The molecule has 2 fully saturated rings. The summed E-state index contributed by atoms with van der Waals surface area (Å²) < 4.78 is 6.37. The molecule has 0 aromatic carbocycles. The Kier molecular flexibility index (Phi) is 3.29. The number of halogens is 1. The maximum Gasteiger partial charge on any atom is 0.225 e. The van der Waals surface area contributed by atoms with Gasteiger partial charge in [0.05, 0.1) is 11.1 Å². The molecule has 1 aliphatic carbocycles. The van der Waals surface area contributed by atoms with Gasteiger partial charge in [0, 0.05) is 37.5 Å². The molecule has 2 heterocycles. The molecular formula is C12H16BrN3O. The molecule has 1 aromatic rings. The van der Waals surface area contributed by atoms with Gasteiger partial charge in [0.2, 0.25) is 5.95 Å². The van der Waals surface area contributed by atoms with Gasteiger partial charge in [0.1, 0.15) is 0 Å². The Balaban J connectivity index is 1.72. The lowest BCUT2D eigenvalue weighted by Crippen LogP contribution is -2.33. The smallest absolute Gasteiger partial charge is 0.225 e. The molecule has 1 saturated heterocycles. The number of hydrogen-bond acceptors (Lipinski definition) is 4. The first-order valence-corrected chi connectivity index (χ1v) is 6.94. The van der Waals surface area contributed by atoms with E-state index in [0.717, 1.165) is 30.2 Å². The number of hydrogen-bond donors (Lipinski definition) is 0. The van der Waals surface area contributed by atoms with E-state index < -0.39 is 0 Å². The van der Waals surface area contributed by atoms with E-state index in [1.54, 1.807) is 0 Å². The predicted molar refractivity (Wildman–Crippen MR) is 69.0 cm³/mol. The van der Waals surface area contributed by atoms with Gasteiger partial charge >= 0.3 is 0 Å². The number of nitrogens with zero attached hydrogens (tertiary/aromatic N) is 3. The molecule has 92 valence electrons. The molecule has 0 amide bonds. The minimum atomic E-state index is 0.642. The first-order chi connectivity index (χ1) is 8.33. The van der Waals surface area contributed by atoms with E-state index in [0.29, 0.717) is 12.0 Å². The van der Waals surface area contributed by atoms with Crippen molar-refractivity contribution in [1.29, 1.82) is 0 Å². The van der Waals surface area contributed by atoms with Gasteiger partial charge in [-0.2, -0.15) is 0 Å². The van der Waals surface area contributed by atoms with Crippen molar-refractivity contribution in [2.75, 3.05) is 24.7 Å². The molecule has 5 heteroatoms. The van der Waals surface area contributed by atoms with Gasteiger partial charge in [-0.05, 0) is 35.2 Å². The first-order valence-electron chi connectivity index (χ1n) is 6.15. The van der Waals surface area contributed by atoms with Gasteiger partial charge < -0.3 is 9.64 Å². The second kappa shape index (κ2) is 4.90. The summed E-state index contributed by atoms with van der Waals surface area (Å²) in [7, 11) is 0. The lowest BCUT2D eigenvalue weighted by molar-refractivity contribution is 0.186. The fourth-order valence-corrected chi connectivity index (χ4v) is 2.44. The molecule has 1 saturated carbocycles. The average molecular weight is 298 g/mol. The molecule has 17 heavy (non-hydrogen) atoms. The Bertz CT molecular complexity index is 374. The molecule has 2 aliphatic rings. The Morgan fingerprint density at radius 1 is 1.29 bits per heavy atom. The fourth-order valence-electron chi connectivity index (χ4n) is 2.24. The van der Waals surface area contributed by atoms with E-state index in [-0.39, 0.29) is 0 Å². The molecule has 4 nitrogen and oxygen atoms in total. The summed E-state index contributed by atoms with van der Waals surface area (Å²) in [5.41, 5.74) is 0. The van der Waals surface area contributed by atoms with Crippen molar-refractivity contribution in [2.45, 2.75) is 25.3 Å². The second-order valence-electron chi connectivity index (χ2n) is 4.81. The molecule has 1 aliphatic heterocycles. The molecule has 0 bridgehead atoms. The van der Waals surface area contributed by atoms with Crippen LogP contribution in [0.25, 0.3) is 0 Å². The van der Waals surface area contributed by atoms with E-state index in [9.17, 15) is 0 Å². The normalized spacial score (nSPS) is 23.9. The number of rotatable bonds is 4. The lowest BCUT2D eigenvalue weighted by atomic mass is 10.1. The summed E-state index contributed by atoms with van der Waals surface area (Å²) in [6.45, 7) is 2.83. The molecule has 1 aromatic heterocycles. The summed E-state index contributed by atoms with van der Waals surface area (Å²) in [4.78, 5) is 11.2. The van der Waals surface area contributed by atoms with Crippen molar-refractivity contribution in [3.8, 4) is 0 Å². The molecule has 0 spiro atoms. The van der Waals surface area contributed by atoms with Gasteiger partial charge in [-0.1, -0.05) is 0 Å². The summed E-state index contributed by atoms with van der Waals surface area (Å²) in [6, 6.07) is 0.650. The summed E-state index contributed by atoms with van der Waals surface area (Å²) in [5, 5.41) is 0. The van der Waals surface area contributed by atoms with Crippen molar-refractivity contribution in [3.05, 3.63) is 16.9 Å². The molecular weight excluding hydrogens is 282 g/mol. The highest BCUT2D eigenvalue weighted by atomic mass is 79.9. The van der Waals surface area contributed by atoms with Crippen molar-refractivity contribution >= 4 is 21.9 Å². The zero-order chi connectivity index (χ0) is 11.7. The van der Waals surface area contributed by atoms with Gasteiger partial charge in [0.25, 0.3) is 0 Å². The highest BCUT2D eigenvalue weighted by Gasteiger charge is 2.33. The van der Waals surface area contributed by atoms with E-state index >= 15 is 0 Å². The Hall–Kier alpha value is -0.680. The number of anilines is 1. The predicted octanol–water partition coefficient (Wildman–Crippen LogP) is 2.24. The van der Waals surface area contributed by atoms with Crippen LogP contribution < -0.4 is 4.90 Å². The van der Waals surface area contributed by atoms with Crippen LogP contribution in [0.3, 0.4) is 0 Å². The summed E-state index contributed by atoms with van der Waals surface area (Å²) in [6.07, 6.45) is 7.35. The van der Waals surface area contributed by atoms with E-state index in [4.69, 9.17) is 4.74 Å². The van der Waals surface area contributed by atoms with Crippen LogP contribution in [0.4, 0.5) is 5.95 Å².